The van der Waals surface area contributed by atoms with Crippen LogP contribution in [0.3, 0.4) is 0 Å². The Balaban J connectivity index is 2.32. The van der Waals surface area contributed by atoms with Crippen LogP contribution in [0.15, 0.2) is 47.9 Å². The Kier molecular flexibility index (Phi) is 8.02. The van der Waals surface area contributed by atoms with Crippen molar-refractivity contribution < 1.29 is 9.53 Å². The first-order chi connectivity index (χ1) is 9.26. The van der Waals surface area contributed by atoms with Crippen molar-refractivity contribution in [2.24, 2.45) is 0 Å². The monoisotopic (exact) mass is 279 g/mol. The summed E-state index contributed by atoms with van der Waals surface area (Å²) in [5.74, 6) is 0.770. The molecule has 1 aromatic carbocycles. The average molecular weight is 279 g/mol. The van der Waals surface area contributed by atoms with Crippen LogP contribution in [-0.4, -0.2) is 42.9 Å². The molecular formula is C15H21NO2S. The van der Waals surface area contributed by atoms with Gasteiger partial charge in [-0.05, 0) is 19.1 Å². The molecule has 3 nitrogen and oxygen atoms in total. The summed E-state index contributed by atoms with van der Waals surface area (Å²) >= 11 is 1.79. The molecular weight excluding hydrogens is 258 g/mol. The van der Waals surface area contributed by atoms with Crippen molar-refractivity contribution >= 4 is 17.7 Å². The lowest BCUT2D eigenvalue weighted by Gasteiger charge is -2.19. The summed E-state index contributed by atoms with van der Waals surface area (Å²) in [6.07, 6.45) is 1.81. The fourth-order valence-corrected chi connectivity index (χ4v) is 2.55. The molecule has 0 aromatic heterocycles. The zero-order valence-electron chi connectivity index (χ0n) is 11.4. The molecule has 0 atom stereocenters. The maximum absolute atomic E-state index is 11.5. The fourth-order valence-electron chi connectivity index (χ4n) is 1.62. The van der Waals surface area contributed by atoms with E-state index in [0.717, 1.165) is 12.3 Å². The van der Waals surface area contributed by atoms with Gasteiger partial charge in [0.25, 0.3) is 0 Å². The molecule has 1 rings (SSSR count). The molecule has 0 bridgehead atoms. The van der Waals surface area contributed by atoms with Crippen LogP contribution >= 0.6 is 11.8 Å². The van der Waals surface area contributed by atoms with Crippen LogP contribution in [0.1, 0.15) is 6.92 Å². The van der Waals surface area contributed by atoms with Crippen molar-refractivity contribution in [2.45, 2.75) is 11.8 Å². The maximum Gasteiger partial charge on any atom is 0.320 e. The summed E-state index contributed by atoms with van der Waals surface area (Å²) in [5, 5.41) is 0. The summed E-state index contributed by atoms with van der Waals surface area (Å²) in [6.45, 7) is 7.84. The van der Waals surface area contributed by atoms with Crippen LogP contribution in [0.2, 0.25) is 0 Å². The zero-order valence-corrected chi connectivity index (χ0v) is 12.2. The topological polar surface area (TPSA) is 29.5 Å². The number of rotatable bonds is 9. The molecule has 19 heavy (non-hydrogen) atoms. The van der Waals surface area contributed by atoms with E-state index < -0.39 is 0 Å². The van der Waals surface area contributed by atoms with E-state index in [4.69, 9.17) is 4.74 Å². The standard InChI is InChI=1S/C15H21NO2S/c1-3-10-16(13-15(17)18-4-2)11-12-19-14-8-6-5-7-9-14/h3,5-9H,1,4,10-13H2,2H3. The van der Waals surface area contributed by atoms with E-state index in [2.05, 4.69) is 18.7 Å². The number of hydrogen-bond acceptors (Lipinski definition) is 4. The lowest BCUT2D eigenvalue weighted by atomic mass is 10.4. The molecule has 0 aliphatic carbocycles. The molecule has 0 radical (unpaired) electrons. The van der Waals surface area contributed by atoms with Crippen LogP contribution < -0.4 is 0 Å². The van der Waals surface area contributed by atoms with E-state index >= 15 is 0 Å². The highest BCUT2D eigenvalue weighted by molar-refractivity contribution is 7.99. The highest BCUT2D eigenvalue weighted by Crippen LogP contribution is 2.16. The van der Waals surface area contributed by atoms with Gasteiger partial charge in [0.2, 0.25) is 0 Å². The normalized spacial score (nSPS) is 10.4. The van der Waals surface area contributed by atoms with Gasteiger partial charge in [-0.25, -0.2) is 0 Å². The molecule has 0 N–H and O–H groups in total. The zero-order chi connectivity index (χ0) is 13.9. The predicted molar refractivity (Wildman–Crippen MR) is 80.4 cm³/mol. The highest BCUT2D eigenvalue weighted by Gasteiger charge is 2.09. The third-order valence-electron chi connectivity index (χ3n) is 2.46. The number of benzene rings is 1. The van der Waals surface area contributed by atoms with E-state index in [1.807, 2.05) is 36.1 Å². The van der Waals surface area contributed by atoms with Gasteiger partial charge in [-0.2, -0.15) is 0 Å². The average Bonchev–Trinajstić information content (AvgIpc) is 2.40. The number of thioether (sulfide) groups is 1. The molecule has 1 aromatic rings. The predicted octanol–water partition coefficient (Wildman–Crippen LogP) is 2.83. The van der Waals surface area contributed by atoms with Crippen molar-refractivity contribution in [2.75, 3.05) is 32.0 Å². The second kappa shape index (κ2) is 9.64. The second-order valence-electron chi connectivity index (χ2n) is 3.99. The van der Waals surface area contributed by atoms with Gasteiger partial charge in [-0.3, -0.25) is 9.69 Å². The SMILES string of the molecule is C=CCN(CCSc1ccccc1)CC(=O)OCC. The Morgan fingerprint density at radius 3 is 2.79 bits per heavy atom. The molecule has 0 fully saturated rings. The van der Waals surface area contributed by atoms with Gasteiger partial charge in [0, 0.05) is 23.7 Å². The van der Waals surface area contributed by atoms with Crippen molar-refractivity contribution in [3.63, 3.8) is 0 Å². The van der Waals surface area contributed by atoms with Gasteiger partial charge in [0.1, 0.15) is 0 Å². The quantitative estimate of drug-likeness (QED) is 0.395. The number of esters is 1. The van der Waals surface area contributed by atoms with Gasteiger partial charge < -0.3 is 4.74 Å². The van der Waals surface area contributed by atoms with Crippen molar-refractivity contribution in [3.8, 4) is 0 Å². The molecule has 0 amide bonds. The molecule has 104 valence electrons. The molecule has 0 aliphatic heterocycles. The lowest BCUT2D eigenvalue weighted by Crippen LogP contribution is -2.33. The summed E-state index contributed by atoms with van der Waals surface area (Å²) in [4.78, 5) is 14.7. The Morgan fingerprint density at radius 1 is 1.42 bits per heavy atom. The van der Waals surface area contributed by atoms with E-state index in [9.17, 15) is 4.79 Å². The second-order valence-corrected chi connectivity index (χ2v) is 5.16. The Morgan fingerprint density at radius 2 is 2.16 bits per heavy atom. The van der Waals surface area contributed by atoms with E-state index in [0.29, 0.717) is 19.7 Å². The molecule has 0 saturated carbocycles. The third kappa shape index (κ3) is 7.03. The van der Waals surface area contributed by atoms with Gasteiger partial charge in [0.05, 0.1) is 13.2 Å². The smallest absolute Gasteiger partial charge is 0.320 e. The Labute approximate surface area is 119 Å². The Hall–Kier alpha value is -1.26. The van der Waals surface area contributed by atoms with Crippen molar-refractivity contribution in [1.29, 1.82) is 0 Å². The summed E-state index contributed by atoms with van der Waals surface area (Å²) in [7, 11) is 0. The fraction of sp³-hybridized carbons (Fsp3) is 0.400. The van der Waals surface area contributed by atoms with Gasteiger partial charge >= 0.3 is 5.97 Å². The molecule has 4 heteroatoms. The first kappa shape index (κ1) is 15.8. The van der Waals surface area contributed by atoms with Crippen LogP contribution in [0, 0.1) is 0 Å². The van der Waals surface area contributed by atoms with E-state index in [1.54, 1.807) is 11.8 Å². The van der Waals surface area contributed by atoms with Gasteiger partial charge in [0.15, 0.2) is 0 Å². The third-order valence-corrected chi connectivity index (χ3v) is 3.46. The van der Waals surface area contributed by atoms with Crippen LogP contribution in [-0.2, 0) is 9.53 Å². The minimum atomic E-state index is -0.172. The van der Waals surface area contributed by atoms with E-state index in [1.165, 1.54) is 4.90 Å². The van der Waals surface area contributed by atoms with Crippen LogP contribution in [0.4, 0.5) is 0 Å². The Bertz CT molecular complexity index is 381. The largest absolute Gasteiger partial charge is 0.465 e. The van der Waals surface area contributed by atoms with Gasteiger partial charge in [-0.15, -0.1) is 18.3 Å². The maximum atomic E-state index is 11.5. The van der Waals surface area contributed by atoms with Crippen LogP contribution in [0.5, 0.6) is 0 Å². The minimum absolute atomic E-state index is 0.172. The summed E-state index contributed by atoms with van der Waals surface area (Å²) in [6, 6.07) is 10.3. The van der Waals surface area contributed by atoms with Crippen molar-refractivity contribution in [1.82, 2.24) is 4.90 Å². The lowest BCUT2D eigenvalue weighted by molar-refractivity contribution is -0.144. The highest BCUT2D eigenvalue weighted by atomic mass is 32.2. The van der Waals surface area contributed by atoms with Crippen molar-refractivity contribution in [3.05, 3.63) is 43.0 Å². The first-order valence-corrected chi connectivity index (χ1v) is 7.41. The van der Waals surface area contributed by atoms with Gasteiger partial charge in [-0.1, -0.05) is 24.3 Å². The molecule has 0 saturated heterocycles. The van der Waals surface area contributed by atoms with Crippen LogP contribution in [0.25, 0.3) is 0 Å². The molecule has 0 aliphatic rings. The number of ether oxygens (including phenoxy) is 1. The number of carbonyl (C=O) groups is 1. The minimum Gasteiger partial charge on any atom is -0.465 e. The summed E-state index contributed by atoms with van der Waals surface area (Å²) < 4.78 is 4.96. The number of nitrogens with zero attached hydrogens (tertiary/aromatic N) is 1. The number of carbonyl (C=O) groups excluding carboxylic acids is 1. The first-order valence-electron chi connectivity index (χ1n) is 6.43. The molecule has 0 spiro atoms. The molecule has 0 heterocycles. The molecule has 0 unspecified atom stereocenters. The van der Waals surface area contributed by atoms with E-state index in [-0.39, 0.29) is 5.97 Å². The summed E-state index contributed by atoms with van der Waals surface area (Å²) in [5.41, 5.74) is 0. The number of hydrogen-bond donors (Lipinski definition) is 0.